The van der Waals surface area contributed by atoms with Gasteiger partial charge in [-0.25, -0.2) is 8.78 Å². The fraction of sp³-hybridized carbons (Fsp3) is 0.364. The highest BCUT2D eigenvalue weighted by atomic mass is 19.3. The molecule has 0 aromatic heterocycles. The minimum Gasteiger partial charge on any atom is -0.481 e. The largest absolute Gasteiger partial charge is 0.481 e. The molecule has 0 spiro atoms. The summed E-state index contributed by atoms with van der Waals surface area (Å²) in [6.45, 7) is 3.24. The quantitative estimate of drug-likeness (QED) is 0.839. The third-order valence-electron chi connectivity index (χ3n) is 2.16. The third kappa shape index (κ3) is 2.75. The first-order chi connectivity index (χ1) is 6.83. The lowest BCUT2D eigenvalue weighted by atomic mass is 9.98. The Balaban J connectivity index is 3.13. The SMILES string of the molecule is Cc1ccc(C)c(C(F)(F)CC(=O)O)c1. The maximum Gasteiger partial charge on any atom is 0.309 e. The van der Waals surface area contributed by atoms with E-state index in [1.54, 1.807) is 26.0 Å². The van der Waals surface area contributed by atoms with Crippen molar-refractivity contribution in [1.29, 1.82) is 0 Å². The number of carbonyl (C=O) groups is 1. The predicted molar refractivity (Wildman–Crippen MR) is 52.1 cm³/mol. The molecule has 0 atom stereocenters. The number of halogens is 2. The van der Waals surface area contributed by atoms with Crippen molar-refractivity contribution in [3.05, 3.63) is 34.9 Å². The minimum atomic E-state index is -3.30. The summed E-state index contributed by atoms with van der Waals surface area (Å²) in [5.41, 5.74) is 0.900. The van der Waals surface area contributed by atoms with E-state index >= 15 is 0 Å². The fourth-order valence-electron chi connectivity index (χ4n) is 1.42. The number of rotatable bonds is 3. The Morgan fingerprint density at radius 3 is 2.53 bits per heavy atom. The third-order valence-corrected chi connectivity index (χ3v) is 2.16. The average molecular weight is 214 g/mol. The summed E-state index contributed by atoms with van der Waals surface area (Å²) in [5, 5.41) is 8.39. The van der Waals surface area contributed by atoms with Gasteiger partial charge in [-0.15, -0.1) is 0 Å². The van der Waals surface area contributed by atoms with Gasteiger partial charge in [0.25, 0.3) is 5.92 Å². The molecule has 0 aliphatic carbocycles. The van der Waals surface area contributed by atoms with E-state index < -0.39 is 18.3 Å². The van der Waals surface area contributed by atoms with Crippen molar-refractivity contribution in [2.24, 2.45) is 0 Å². The van der Waals surface area contributed by atoms with Crippen molar-refractivity contribution in [1.82, 2.24) is 0 Å². The van der Waals surface area contributed by atoms with E-state index in [0.717, 1.165) is 0 Å². The van der Waals surface area contributed by atoms with Crippen LogP contribution in [0.3, 0.4) is 0 Å². The van der Waals surface area contributed by atoms with Crippen LogP contribution >= 0.6 is 0 Å². The van der Waals surface area contributed by atoms with Gasteiger partial charge in [0.2, 0.25) is 0 Å². The Bertz CT molecular complexity index is 386. The van der Waals surface area contributed by atoms with Gasteiger partial charge in [-0.05, 0) is 25.5 Å². The Hall–Kier alpha value is -1.45. The fourth-order valence-corrected chi connectivity index (χ4v) is 1.42. The molecule has 2 nitrogen and oxygen atoms in total. The zero-order chi connectivity index (χ0) is 11.6. The Morgan fingerprint density at radius 1 is 1.40 bits per heavy atom. The smallest absolute Gasteiger partial charge is 0.309 e. The van der Waals surface area contributed by atoms with E-state index in [-0.39, 0.29) is 5.56 Å². The molecule has 0 saturated carbocycles. The van der Waals surface area contributed by atoms with Crippen LogP contribution in [0.2, 0.25) is 0 Å². The summed E-state index contributed by atoms with van der Waals surface area (Å²) in [5.74, 6) is -4.80. The van der Waals surface area contributed by atoms with Crippen molar-refractivity contribution in [3.63, 3.8) is 0 Å². The number of aryl methyl sites for hydroxylation is 2. The van der Waals surface area contributed by atoms with Gasteiger partial charge < -0.3 is 5.11 Å². The molecule has 1 aromatic rings. The summed E-state index contributed by atoms with van der Waals surface area (Å²) in [6, 6.07) is 4.62. The van der Waals surface area contributed by atoms with E-state index in [1.807, 2.05) is 0 Å². The van der Waals surface area contributed by atoms with Crippen LogP contribution in [-0.4, -0.2) is 11.1 Å². The molecule has 0 aliphatic rings. The van der Waals surface area contributed by atoms with Crippen LogP contribution in [0.4, 0.5) is 8.78 Å². The van der Waals surface area contributed by atoms with Crippen LogP contribution < -0.4 is 0 Å². The second kappa shape index (κ2) is 3.96. The minimum absolute atomic E-state index is 0.204. The molecule has 82 valence electrons. The van der Waals surface area contributed by atoms with E-state index in [0.29, 0.717) is 11.1 Å². The lowest BCUT2D eigenvalue weighted by molar-refractivity contribution is -0.145. The lowest BCUT2D eigenvalue weighted by Gasteiger charge is -2.17. The van der Waals surface area contributed by atoms with Crippen LogP contribution in [-0.2, 0) is 10.7 Å². The van der Waals surface area contributed by atoms with Gasteiger partial charge in [0.05, 0.1) is 0 Å². The first-order valence-electron chi connectivity index (χ1n) is 4.50. The normalized spacial score (nSPS) is 11.5. The zero-order valence-electron chi connectivity index (χ0n) is 8.55. The molecular weight excluding hydrogens is 202 g/mol. The lowest BCUT2D eigenvalue weighted by Crippen LogP contribution is -2.19. The Morgan fingerprint density at radius 2 is 2.00 bits per heavy atom. The summed E-state index contributed by atoms with van der Waals surface area (Å²) in [7, 11) is 0. The van der Waals surface area contributed by atoms with Crippen molar-refractivity contribution < 1.29 is 18.7 Å². The monoisotopic (exact) mass is 214 g/mol. The van der Waals surface area contributed by atoms with Gasteiger partial charge in [0.1, 0.15) is 6.42 Å². The van der Waals surface area contributed by atoms with Gasteiger partial charge in [0, 0.05) is 5.56 Å². The van der Waals surface area contributed by atoms with E-state index in [2.05, 4.69) is 0 Å². The molecule has 0 bridgehead atoms. The maximum atomic E-state index is 13.5. The predicted octanol–water partition coefficient (Wildman–Crippen LogP) is 2.87. The van der Waals surface area contributed by atoms with Crippen molar-refractivity contribution in [2.75, 3.05) is 0 Å². The summed E-state index contributed by atoms with van der Waals surface area (Å²) in [6.07, 6.45) is -1.17. The zero-order valence-corrected chi connectivity index (χ0v) is 8.55. The maximum absolute atomic E-state index is 13.5. The highest BCUT2D eigenvalue weighted by molar-refractivity contribution is 5.68. The van der Waals surface area contributed by atoms with Crippen LogP contribution in [0, 0.1) is 13.8 Å². The summed E-state index contributed by atoms with van der Waals surface area (Å²) in [4.78, 5) is 10.3. The number of hydrogen-bond acceptors (Lipinski definition) is 1. The standard InChI is InChI=1S/C11H12F2O2/c1-7-3-4-8(2)9(5-7)11(12,13)6-10(14)15/h3-5H,6H2,1-2H3,(H,14,15). The topological polar surface area (TPSA) is 37.3 Å². The van der Waals surface area contributed by atoms with Crippen LogP contribution in [0.1, 0.15) is 23.1 Å². The molecule has 1 rings (SSSR count). The Kier molecular flexibility index (Phi) is 3.07. The highest BCUT2D eigenvalue weighted by Gasteiger charge is 2.35. The van der Waals surface area contributed by atoms with Crippen LogP contribution in [0.5, 0.6) is 0 Å². The second-order valence-electron chi connectivity index (χ2n) is 3.59. The number of alkyl halides is 2. The number of benzene rings is 1. The number of carboxylic acids is 1. The van der Waals surface area contributed by atoms with Gasteiger partial charge in [-0.3, -0.25) is 4.79 Å². The first kappa shape index (κ1) is 11.6. The van der Waals surface area contributed by atoms with E-state index in [9.17, 15) is 13.6 Å². The van der Waals surface area contributed by atoms with Crippen molar-refractivity contribution >= 4 is 5.97 Å². The molecule has 0 saturated heterocycles. The van der Waals surface area contributed by atoms with Crippen LogP contribution in [0.25, 0.3) is 0 Å². The molecule has 4 heteroatoms. The molecule has 0 amide bonds. The molecule has 0 fully saturated rings. The van der Waals surface area contributed by atoms with E-state index in [4.69, 9.17) is 5.11 Å². The van der Waals surface area contributed by atoms with Gasteiger partial charge >= 0.3 is 5.97 Å². The first-order valence-corrected chi connectivity index (χ1v) is 4.50. The average Bonchev–Trinajstić information content (AvgIpc) is 2.06. The molecule has 1 N–H and O–H groups in total. The van der Waals surface area contributed by atoms with Gasteiger partial charge in [0.15, 0.2) is 0 Å². The number of carboxylic acid groups (broad SMARTS) is 1. The molecule has 0 radical (unpaired) electrons. The van der Waals surface area contributed by atoms with Crippen molar-refractivity contribution in [2.45, 2.75) is 26.2 Å². The van der Waals surface area contributed by atoms with Gasteiger partial charge in [-0.2, -0.15) is 0 Å². The molecule has 15 heavy (non-hydrogen) atoms. The molecular formula is C11H12F2O2. The van der Waals surface area contributed by atoms with Gasteiger partial charge in [-0.1, -0.05) is 17.7 Å². The molecule has 0 unspecified atom stereocenters. The summed E-state index contributed by atoms with van der Waals surface area (Å²) < 4.78 is 26.9. The number of hydrogen-bond donors (Lipinski definition) is 1. The van der Waals surface area contributed by atoms with Crippen molar-refractivity contribution in [3.8, 4) is 0 Å². The Labute approximate surface area is 86.5 Å². The highest BCUT2D eigenvalue weighted by Crippen LogP contribution is 2.34. The summed E-state index contributed by atoms with van der Waals surface area (Å²) >= 11 is 0. The van der Waals surface area contributed by atoms with Crippen LogP contribution in [0.15, 0.2) is 18.2 Å². The number of aliphatic carboxylic acids is 1. The molecule has 1 aromatic carbocycles. The van der Waals surface area contributed by atoms with E-state index in [1.165, 1.54) is 6.07 Å². The molecule has 0 aliphatic heterocycles. The second-order valence-corrected chi connectivity index (χ2v) is 3.59. The molecule has 0 heterocycles.